The van der Waals surface area contributed by atoms with E-state index in [0.29, 0.717) is 16.9 Å². The smallest absolute Gasteiger partial charge is 0.160 e. The van der Waals surface area contributed by atoms with Crippen LogP contribution in [0.1, 0.15) is 17.3 Å². The Kier molecular flexibility index (Phi) is 2.83. The van der Waals surface area contributed by atoms with E-state index in [1.165, 1.54) is 0 Å². The molecule has 0 aliphatic heterocycles. The molecule has 0 amide bonds. The summed E-state index contributed by atoms with van der Waals surface area (Å²) in [4.78, 5) is 11.6. The van der Waals surface area contributed by atoms with Gasteiger partial charge in [-0.3, -0.25) is 4.79 Å². The summed E-state index contributed by atoms with van der Waals surface area (Å²) in [5, 5.41) is 0. The molecule has 3 nitrogen and oxygen atoms in total. The number of hydrogen-bond acceptors (Lipinski definition) is 3. The quantitative estimate of drug-likeness (QED) is 0.611. The maximum absolute atomic E-state index is 11.6. The van der Waals surface area contributed by atoms with Crippen molar-refractivity contribution in [2.24, 2.45) is 0 Å². The average Bonchev–Trinajstić information content (AvgIpc) is 2.28. The van der Waals surface area contributed by atoms with Crippen molar-refractivity contribution in [3.8, 4) is 11.1 Å². The number of Topliss-reactive ketones (excluding diaryl/α,β-unsaturated/α-hetero) is 1. The van der Waals surface area contributed by atoms with Crippen LogP contribution >= 0.6 is 0 Å². The molecule has 0 aliphatic carbocycles. The highest BCUT2D eigenvalue weighted by Gasteiger charge is 2.09. The van der Waals surface area contributed by atoms with Gasteiger partial charge in [-0.05, 0) is 48.4 Å². The number of hydrogen-bond donors (Lipinski definition) is 2. The second kappa shape index (κ2) is 4.29. The lowest BCUT2D eigenvalue weighted by molar-refractivity contribution is 0.101. The number of ketones is 1. The highest BCUT2D eigenvalue weighted by molar-refractivity contribution is 6.01. The van der Waals surface area contributed by atoms with E-state index >= 15 is 0 Å². The van der Waals surface area contributed by atoms with Crippen LogP contribution in [-0.4, -0.2) is 5.78 Å². The molecule has 0 unspecified atom stereocenters. The fourth-order valence-electron chi connectivity index (χ4n) is 1.81. The van der Waals surface area contributed by atoms with Gasteiger partial charge in [0.05, 0.1) is 0 Å². The van der Waals surface area contributed by atoms with E-state index < -0.39 is 0 Å². The van der Waals surface area contributed by atoms with Crippen LogP contribution in [0.3, 0.4) is 0 Å². The molecule has 2 aromatic rings. The van der Waals surface area contributed by atoms with Gasteiger partial charge in [0.15, 0.2) is 5.78 Å². The number of anilines is 2. The number of carbonyl (C=O) groups is 1. The maximum Gasteiger partial charge on any atom is 0.160 e. The molecule has 0 saturated heterocycles. The molecule has 0 heterocycles. The molecule has 0 radical (unpaired) electrons. The first-order chi connectivity index (χ1) is 8.08. The Morgan fingerprint density at radius 2 is 1.71 bits per heavy atom. The zero-order chi connectivity index (χ0) is 12.4. The third-order valence-corrected chi connectivity index (χ3v) is 2.62. The van der Waals surface area contributed by atoms with Gasteiger partial charge in [0.1, 0.15) is 0 Å². The summed E-state index contributed by atoms with van der Waals surface area (Å²) < 4.78 is 0. The molecule has 86 valence electrons. The molecule has 3 heteroatoms. The second-order valence-corrected chi connectivity index (χ2v) is 3.99. The van der Waals surface area contributed by atoms with Crippen molar-refractivity contribution in [1.29, 1.82) is 0 Å². The van der Waals surface area contributed by atoms with E-state index in [1.54, 1.807) is 25.1 Å². The number of rotatable bonds is 2. The molecular weight excluding hydrogens is 212 g/mol. The maximum atomic E-state index is 11.6. The van der Waals surface area contributed by atoms with Crippen molar-refractivity contribution in [1.82, 2.24) is 0 Å². The predicted molar refractivity (Wildman–Crippen MR) is 70.7 cm³/mol. The third kappa shape index (κ3) is 2.28. The summed E-state index contributed by atoms with van der Waals surface area (Å²) in [6.07, 6.45) is 0. The van der Waals surface area contributed by atoms with E-state index in [0.717, 1.165) is 11.1 Å². The van der Waals surface area contributed by atoms with Gasteiger partial charge in [0, 0.05) is 16.9 Å². The summed E-state index contributed by atoms with van der Waals surface area (Å²) in [7, 11) is 0. The van der Waals surface area contributed by atoms with Crippen molar-refractivity contribution >= 4 is 17.2 Å². The standard InChI is InChI=1S/C14H14N2O/c1-9(17)13-6-5-12(16)8-14(13)10-3-2-4-11(15)7-10/h2-8H,15-16H2,1H3. The Labute approximate surface area is 100 Å². The van der Waals surface area contributed by atoms with Gasteiger partial charge in [-0.1, -0.05) is 12.1 Å². The van der Waals surface area contributed by atoms with E-state index in [1.807, 2.05) is 24.3 Å². The molecule has 0 saturated carbocycles. The molecule has 4 N–H and O–H groups in total. The molecule has 0 aromatic heterocycles. The SMILES string of the molecule is CC(=O)c1ccc(N)cc1-c1cccc(N)c1. The highest BCUT2D eigenvalue weighted by Crippen LogP contribution is 2.27. The normalized spacial score (nSPS) is 10.2. The molecule has 0 spiro atoms. The van der Waals surface area contributed by atoms with Crippen molar-refractivity contribution in [3.05, 3.63) is 48.0 Å². The van der Waals surface area contributed by atoms with Crippen LogP contribution in [0, 0.1) is 0 Å². The minimum absolute atomic E-state index is 0.0161. The number of nitrogens with two attached hydrogens (primary N) is 2. The van der Waals surface area contributed by atoms with E-state index in [9.17, 15) is 4.79 Å². The van der Waals surface area contributed by atoms with Crippen LogP contribution in [0.15, 0.2) is 42.5 Å². The summed E-state index contributed by atoms with van der Waals surface area (Å²) >= 11 is 0. The summed E-state index contributed by atoms with van der Waals surface area (Å²) in [5.41, 5.74) is 15.2. The minimum atomic E-state index is 0.0161. The average molecular weight is 226 g/mol. The Balaban J connectivity index is 2.65. The van der Waals surface area contributed by atoms with Gasteiger partial charge < -0.3 is 11.5 Å². The first-order valence-corrected chi connectivity index (χ1v) is 5.34. The van der Waals surface area contributed by atoms with E-state index in [-0.39, 0.29) is 5.78 Å². The van der Waals surface area contributed by atoms with Crippen molar-refractivity contribution < 1.29 is 4.79 Å². The van der Waals surface area contributed by atoms with Gasteiger partial charge in [0.2, 0.25) is 0 Å². The van der Waals surface area contributed by atoms with Gasteiger partial charge >= 0.3 is 0 Å². The predicted octanol–water partition coefficient (Wildman–Crippen LogP) is 2.72. The van der Waals surface area contributed by atoms with Gasteiger partial charge in [0.25, 0.3) is 0 Å². The lowest BCUT2D eigenvalue weighted by Crippen LogP contribution is -1.98. The lowest BCUT2D eigenvalue weighted by Gasteiger charge is -2.09. The topological polar surface area (TPSA) is 69.1 Å². The monoisotopic (exact) mass is 226 g/mol. The van der Waals surface area contributed by atoms with Gasteiger partial charge in [-0.15, -0.1) is 0 Å². The number of benzene rings is 2. The molecule has 0 fully saturated rings. The van der Waals surface area contributed by atoms with Gasteiger partial charge in [-0.2, -0.15) is 0 Å². The van der Waals surface area contributed by atoms with Crippen molar-refractivity contribution in [2.75, 3.05) is 11.5 Å². The van der Waals surface area contributed by atoms with Gasteiger partial charge in [-0.25, -0.2) is 0 Å². The first-order valence-electron chi connectivity index (χ1n) is 5.34. The number of carbonyl (C=O) groups excluding carboxylic acids is 1. The Bertz CT molecular complexity index is 576. The Hall–Kier alpha value is -2.29. The Morgan fingerprint density at radius 1 is 1.00 bits per heavy atom. The second-order valence-electron chi connectivity index (χ2n) is 3.99. The van der Waals surface area contributed by atoms with Crippen LogP contribution in [0.4, 0.5) is 11.4 Å². The first kappa shape index (κ1) is 11.2. The molecule has 2 aromatic carbocycles. The highest BCUT2D eigenvalue weighted by atomic mass is 16.1. The van der Waals surface area contributed by atoms with Crippen molar-refractivity contribution in [2.45, 2.75) is 6.92 Å². The largest absolute Gasteiger partial charge is 0.399 e. The molecule has 2 rings (SSSR count). The Morgan fingerprint density at radius 3 is 2.35 bits per heavy atom. The van der Waals surface area contributed by atoms with E-state index in [4.69, 9.17) is 11.5 Å². The van der Waals surface area contributed by atoms with E-state index in [2.05, 4.69) is 0 Å². The zero-order valence-corrected chi connectivity index (χ0v) is 9.60. The molecule has 0 aliphatic rings. The summed E-state index contributed by atoms with van der Waals surface area (Å²) in [5.74, 6) is 0.0161. The zero-order valence-electron chi connectivity index (χ0n) is 9.60. The summed E-state index contributed by atoms with van der Waals surface area (Å²) in [6, 6.07) is 12.7. The van der Waals surface area contributed by atoms with Crippen LogP contribution in [-0.2, 0) is 0 Å². The van der Waals surface area contributed by atoms with Crippen molar-refractivity contribution in [3.63, 3.8) is 0 Å². The molecule has 0 atom stereocenters. The number of nitrogen functional groups attached to an aromatic ring is 2. The summed E-state index contributed by atoms with van der Waals surface area (Å²) in [6.45, 7) is 1.54. The van der Waals surface area contributed by atoms with Crippen LogP contribution < -0.4 is 11.5 Å². The van der Waals surface area contributed by atoms with Crippen LogP contribution in [0.2, 0.25) is 0 Å². The third-order valence-electron chi connectivity index (χ3n) is 2.62. The van der Waals surface area contributed by atoms with Crippen LogP contribution in [0.25, 0.3) is 11.1 Å². The molecule has 0 bridgehead atoms. The minimum Gasteiger partial charge on any atom is -0.399 e. The fraction of sp³-hybridized carbons (Fsp3) is 0.0714. The van der Waals surface area contributed by atoms with Crippen LogP contribution in [0.5, 0.6) is 0 Å². The molecule has 17 heavy (non-hydrogen) atoms. The fourth-order valence-corrected chi connectivity index (χ4v) is 1.81. The lowest BCUT2D eigenvalue weighted by atomic mass is 9.96. The molecular formula is C14H14N2O.